The third-order valence-corrected chi connectivity index (χ3v) is 1.85. The molecule has 0 aromatic carbocycles. The van der Waals surface area contributed by atoms with Crippen LogP contribution < -0.4 is 0 Å². The molecular formula is C8H8N2O3. The first-order valence-corrected chi connectivity index (χ1v) is 3.76. The summed E-state index contributed by atoms with van der Waals surface area (Å²) in [7, 11) is 1.68. The van der Waals surface area contributed by atoms with Crippen molar-refractivity contribution in [3.63, 3.8) is 0 Å². The smallest absolute Gasteiger partial charge is 0.360 e. The standard InChI is InChI=1S/C8H8N2O3/c1-4-3-5-7(13-4)6(8(11)12)9-10(5)2/h3H,1-2H3,(H,11,12). The van der Waals surface area contributed by atoms with Crippen LogP contribution in [0.3, 0.4) is 0 Å². The van der Waals surface area contributed by atoms with Gasteiger partial charge >= 0.3 is 5.97 Å². The van der Waals surface area contributed by atoms with Crippen molar-refractivity contribution in [3.05, 3.63) is 17.5 Å². The normalized spacial score (nSPS) is 10.9. The van der Waals surface area contributed by atoms with Crippen LogP contribution >= 0.6 is 0 Å². The van der Waals surface area contributed by atoms with Crippen LogP contribution in [-0.2, 0) is 7.05 Å². The maximum absolute atomic E-state index is 10.7. The Hall–Kier alpha value is -1.78. The lowest BCUT2D eigenvalue weighted by Gasteiger charge is -1.86. The molecule has 5 heteroatoms. The average molecular weight is 180 g/mol. The van der Waals surface area contributed by atoms with Gasteiger partial charge in [-0.15, -0.1) is 0 Å². The summed E-state index contributed by atoms with van der Waals surface area (Å²) in [6, 6.07) is 1.76. The highest BCUT2D eigenvalue weighted by Gasteiger charge is 2.18. The van der Waals surface area contributed by atoms with Gasteiger partial charge in [-0.2, -0.15) is 5.10 Å². The zero-order chi connectivity index (χ0) is 9.59. The molecule has 2 rings (SSSR count). The Labute approximate surface area is 73.6 Å². The lowest BCUT2D eigenvalue weighted by Crippen LogP contribution is -1.99. The second-order valence-corrected chi connectivity index (χ2v) is 2.85. The summed E-state index contributed by atoms with van der Waals surface area (Å²) in [5.41, 5.74) is 1.01. The van der Waals surface area contributed by atoms with Gasteiger partial charge in [0.1, 0.15) is 11.3 Å². The molecule has 0 aliphatic carbocycles. The van der Waals surface area contributed by atoms with Crippen molar-refractivity contribution in [3.8, 4) is 0 Å². The molecule has 5 nitrogen and oxygen atoms in total. The molecule has 1 N–H and O–H groups in total. The highest BCUT2D eigenvalue weighted by Crippen LogP contribution is 2.21. The van der Waals surface area contributed by atoms with Crippen LogP contribution in [0.2, 0.25) is 0 Å². The van der Waals surface area contributed by atoms with Crippen LogP contribution in [0.4, 0.5) is 0 Å². The first-order valence-electron chi connectivity index (χ1n) is 3.76. The zero-order valence-electron chi connectivity index (χ0n) is 7.24. The number of furan rings is 1. The van der Waals surface area contributed by atoms with E-state index in [9.17, 15) is 4.79 Å². The number of hydrogen-bond acceptors (Lipinski definition) is 3. The molecule has 68 valence electrons. The molecule has 0 radical (unpaired) electrons. The fraction of sp³-hybridized carbons (Fsp3) is 0.250. The lowest BCUT2D eigenvalue weighted by atomic mass is 10.4. The largest absolute Gasteiger partial charge is 0.476 e. The number of carboxylic acids is 1. The summed E-state index contributed by atoms with van der Waals surface area (Å²) in [6.07, 6.45) is 0. The van der Waals surface area contributed by atoms with E-state index < -0.39 is 5.97 Å². The Bertz CT molecular complexity index is 481. The summed E-state index contributed by atoms with van der Waals surface area (Å²) >= 11 is 0. The van der Waals surface area contributed by atoms with Gasteiger partial charge in [0.15, 0.2) is 5.58 Å². The summed E-state index contributed by atoms with van der Waals surface area (Å²) in [6.45, 7) is 1.77. The van der Waals surface area contributed by atoms with E-state index in [-0.39, 0.29) is 5.69 Å². The molecule has 0 aliphatic rings. The Balaban J connectivity index is 2.83. The van der Waals surface area contributed by atoms with Crippen molar-refractivity contribution in [2.75, 3.05) is 0 Å². The Morgan fingerprint density at radius 1 is 1.69 bits per heavy atom. The van der Waals surface area contributed by atoms with Crippen molar-refractivity contribution >= 4 is 17.1 Å². The molecular weight excluding hydrogens is 172 g/mol. The van der Waals surface area contributed by atoms with Gasteiger partial charge in [-0.1, -0.05) is 0 Å². The van der Waals surface area contributed by atoms with Gasteiger partial charge in [0, 0.05) is 13.1 Å². The number of fused-ring (bicyclic) bond motifs is 1. The highest BCUT2D eigenvalue weighted by molar-refractivity contribution is 5.98. The molecule has 0 bridgehead atoms. The summed E-state index contributed by atoms with van der Waals surface area (Å²) in [4.78, 5) is 10.7. The molecule has 2 aromatic rings. The predicted octanol–water partition coefficient (Wildman–Crippen LogP) is 1.17. The summed E-state index contributed by atoms with van der Waals surface area (Å²) < 4.78 is 6.71. The van der Waals surface area contributed by atoms with E-state index >= 15 is 0 Å². The van der Waals surface area contributed by atoms with E-state index in [4.69, 9.17) is 9.52 Å². The quantitative estimate of drug-likeness (QED) is 0.715. The third kappa shape index (κ3) is 1.00. The van der Waals surface area contributed by atoms with Crippen LogP contribution in [0.1, 0.15) is 16.2 Å². The monoisotopic (exact) mass is 180 g/mol. The Kier molecular flexibility index (Phi) is 1.42. The second kappa shape index (κ2) is 2.35. The van der Waals surface area contributed by atoms with E-state index in [1.807, 2.05) is 0 Å². The first kappa shape index (κ1) is 7.85. The van der Waals surface area contributed by atoms with Gasteiger partial charge < -0.3 is 9.52 Å². The number of hydrogen-bond donors (Lipinski definition) is 1. The van der Waals surface area contributed by atoms with Crippen LogP contribution in [0.25, 0.3) is 11.1 Å². The minimum atomic E-state index is -1.07. The fourth-order valence-corrected chi connectivity index (χ4v) is 1.30. The number of rotatable bonds is 1. The molecule has 0 unspecified atom stereocenters. The Morgan fingerprint density at radius 2 is 2.38 bits per heavy atom. The van der Waals surface area contributed by atoms with Crippen LogP contribution in [0.15, 0.2) is 10.5 Å². The molecule has 2 aromatic heterocycles. The molecule has 0 spiro atoms. The van der Waals surface area contributed by atoms with Crippen molar-refractivity contribution in [1.82, 2.24) is 9.78 Å². The van der Waals surface area contributed by atoms with Gasteiger partial charge in [0.25, 0.3) is 0 Å². The van der Waals surface area contributed by atoms with Gasteiger partial charge in [0.2, 0.25) is 5.69 Å². The van der Waals surface area contributed by atoms with Crippen LogP contribution in [0, 0.1) is 6.92 Å². The molecule has 0 saturated heterocycles. The first-order chi connectivity index (χ1) is 6.09. The van der Waals surface area contributed by atoms with Crippen molar-refractivity contribution in [2.45, 2.75) is 6.92 Å². The number of aryl methyl sites for hydroxylation is 2. The number of aromatic nitrogens is 2. The average Bonchev–Trinajstić information content (AvgIpc) is 2.51. The number of carbonyl (C=O) groups is 1. The van der Waals surface area contributed by atoms with Crippen LogP contribution in [0.5, 0.6) is 0 Å². The lowest BCUT2D eigenvalue weighted by molar-refractivity contribution is 0.0690. The number of aromatic carboxylic acids is 1. The van der Waals surface area contributed by atoms with E-state index in [1.54, 1.807) is 20.0 Å². The van der Waals surface area contributed by atoms with Crippen LogP contribution in [-0.4, -0.2) is 20.9 Å². The third-order valence-electron chi connectivity index (χ3n) is 1.85. The van der Waals surface area contributed by atoms with E-state index in [0.29, 0.717) is 16.9 Å². The van der Waals surface area contributed by atoms with Gasteiger partial charge in [-0.05, 0) is 6.92 Å². The van der Waals surface area contributed by atoms with E-state index in [0.717, 1.165) is 0 Å². The number of nitrogens with zero attached hydrogens (tertiary/aromatic N) is 2. The minimum Gasteiger partial charge on any atom is -0.476 e. The van der Waals surface area contributed by atoms with Crippen molar-refractivity contribution < 1.29 is 14.3 Å². The van der Waals surface area contributed by atoms with Crippen molar-refractivity contribution in [2.24, 2.45) is 7.05 Å². The van der Waals surface area contributed by atoms with Gasteiger partial charge in [-0.3, -0.25) is 4.68 Å². The molecule has 0 aliphatic heterocycles. The molecule has 2 heterocycles. The second-order valence-electron chi connectivity index (χ2n) is 2.85. The topological polar surface area (TPSA) is 68.3 Å². The van der Waals surface area contributed by atoms with Crippen molar-refractivity contribution in [1.29, 1.82) is 0 Å². The molecule has 0 saturated carbocycles. The molecule has 13 heavy (non-hydrogen) atoms. The number of carboxylic acid groups (broad SMARTS) is 1. The van der Waals surface area contributed by atoms with E-state index in [2.05, 4.69) is 5.10 Å². The highest BCUT2D eigenvalue weighted by atomic mass is 16.4. The van der Waals surface area contributed by atoms with Gasteiger partial charge in [0.05, 0.1) is 0 Å². The summed E-state index contributed by atoms with van der Waals surface area (Å²) in [5, 5.41) is 12.6. The Morgan fingerprint density at radius 3 is 3.00 bits per heavy atom. The SMILES string of the molecule is Cc1cc2c(o1)c(C(=O)O)nn2C. The maximum Gasteiger partial charge on any atom is 0.360 e. The predicted molar refractivity (Wildman–Crippen MR) is 44.7 cm³/mol. The molecule has 0 amide bonds. The minimum absolute atomic E-state index is 0.0365. The van der Waals surface area contributed by atoms with Gasteiger partial charge in [-0.25, -0.2) is 4.79 Å². The summed E-state index contributed by atoms with van der Waals surface area (Å²) in [5.74, 6) is -0.384. The zero-order valence-corrected chi connectivity index (χ0v) is 7.24. The van der Waals surface area contributed by atoms with E-state index in [1.165, 1.54) is 4.68 Å². The molecule has 0 fully saturated rings. The molecule has 0 atom stereocenters. The fourth-order valence-electron chi connectivity index (χ4n) is 1.30. The maximum atomic E-state index is 10.7.